The molecule has 2 saturated heterocycles. The maximum absolute atomic E-state index is 6.30. The molecule has 2 aliphatic heterocycles. The van der Waals surface area contributed by atoms with Crippen LogP contribution in [0.15, 0.2) is 46.8 Å². The van der Waals surface area contributed by atoms with E-state index in [2.05, 4.69) is 50.2 Å². The van der Waals surface area contributed by atoms with E-state index in [1.165, 1.54) is 10.6 Å². The number of hydrogen-bond acceptors (Lipinski definition) is 4. The highest BCUT2D eigenvalue weighted by atomic mass is 127. The van der Waals surface area contributed by atoms with Crippen molar-refractivity contribution in [2.24, 2.45) is 4.99 Å². The van der Waals surface area contributed by atoms with Gasteiger partial charge in [0, 0.05) is 56.4 Å². The first-order valence-electron chi connectivity index (χ1n) is 10.8. The minimum Gasteiger partial charge on any atom is -0.381 e. The Labute approximate surface area is 211 Å². The zero-order chi connectivity index (χ0) is 20.8. The van der Waals surface area contributed by atoms with Crippen LogP contribution in [0.1, 0.15) is 31.2 Å². The number of aliphatic imine (C=N–C) groups is 1. The van der Waals surface area contributed by atoms with Crippen molar-refractivity contribution in [3.05, 3.63) is 52.4 Å². The number of rotatable bonds is 5. The Bertz CT molecular complexity index is 834. The minimum absolute atomic E-state index is 0. The second kappa shape index (κ2) is 11.7. The van der Waals surface area contributed by atoms with Crippen molar-refractivity contribution in [3.8, 4) is 0 Å². The number of benzene rings is 1. The van der Waals surface area contributed by atoms with Gasteiger partial charge in [0.25, 0.3) is 0 Å². The fourth-order valence-corrected chi connectivity index (χ4v) is 5.46. The van der Waals surface area contributed by atoms with Crippen molar-refractivity contribution in [2.45, 2.75) is 37.1 Å². The summed E-state index contributed by atoms with van der Waals surface area (Å²) in [6.07, 6.45) is 4.20. The van der Waals surface area contributed by atoms with Crippen molar-refractivity contribution in [1.82, 2.24) is 10.6 Å². The predicted octanol–water partition coefficient (Wildman–Crippen LogP) is 4.90. The zero-order valence-corrected chi connectivity index (χ0v) is 21.9. The van der Waals surface area contributed by atoms with Gasteiger partial charge in [-0.2, -0.15) is 0 Å². The highest BCUT2D eigenvalue weighted by Crippen LogP contribution is 2.35. The molecule has 0 bridgehead atoms. The normalized spacial score (nSPS) is 19.5. The molecular formula is C23H32ClIN4OS. The molecule has 0 spiro atoms. The van der Waals surface area contributed by atoms with E-state index in [1.54, 1.807) is 0 Å². The Morgan fingerprint density at radius 2 is 2.00 bits per heavy atom. The Morgan fingerprint density at radius 1 is 1.23 bits per heavy atom. The molecule has 0 amide bonds. The maximum atomic E-state index is 6.30. The predicted molar refractivity (Wildman–Crippen MR) is 143 cm³/mol. The van der Waals surface area contributed by atoms with Gasteiger partial charge in [-0.1, -0.05) is 23.7 Å². The number of hydrogen-bond donors (Lipinski definition) is 2. The Kier molecular flexibility index (Phi) is 9.31. The molecule has 4 rings (SSSR count). The smallest absolute Gasteiger partial charge is 0.191 e. The van der Waals surface area contributed by atoms with Crippen molar-refractivity contribution < 1.29 is 4.74 Å². The lowest BCUT2D eigenvalue weighted by Crippen LogP contribution is -2.52. The molecule has 2 aliphatic rings. The number of halogens is 2. The third-order valence-electron chi connectivity index (χ3n) is 6.36. The van der Waals surface area contributed by atoms with E-state index in [0.29, 0.717) is 6.04 Å². The standard InChI is InChI=1S/C23H31ClN4OS.HI/c1-25-22(27-20-7-11-28(12-8-20)21-6-3-15-30-21)26-17-23(9-13-29-14-10-23)18-4-2-5-19(24)16-18;/h2-6,15-16,20H,7-14,17H2,1H3,(H2,25,26,27);1H. The van der Waals surface area contributed by atoms with Crippen LogP contribution < -0.4 is 15.5 Å². The highest BCUT2D eigenvalue weighted by Gasteiger charge is 2.35. The number of nitrogens with zero attached hydrogens (tertiary/aromatic N) is 2. The summed E-state index contributed by atoms with van der Waals surface area (Å²) in [5, 5.41) is 11.6. The lowest BCUT2D eigenvalue weighted by atomic mass is 9.74. The van der Waals surface area contributed by atoms with Gasteiger partial charge in [0.15, 0.2) is 5.96 Å². The average Bonchev–Trinajstić information content (AvgIpc) is 3.33. The summed E-state index contributed by atoms with van der Waals surface area (Å²) in [5.41, 5.74) is 1.30. The molecule has 31 heavy (non-hydrogen) atoms. The number of ether oxygens (including phenoxy) is 1. The molecule has 0 atom stereocenters. The summed E-state index contributed by atoms with van der Waals surface area (Å²) in [4.78, 5) is 6.98. The number of thiophene rings is 1. The first-order valence-corrected chi connectivity index (χ1v) is 12.0. The minimum atomic E-state index is 0. The van der Waals surface area contributed by atoms with Crippen LogP contribution in [0, 0.1) is 0 Å². The van der Waals surface area contributed by atoms with Crippen molar-refractivity contribution >= 4 is 57.9 Å². The van der Waals surface area contributed by atoms with Crippen molar-refractivity contribution in [2.75, 3.05) is 44.8 Å². The molecule has 0 unspecified atom stereocenters. The fourth-order valence-electron chi connectivity index (χ4n) is 4.48. The van der Waals surface area contributed by atoms with Crippen LogP contribution in [0.2, 0.25) is 5.02 Å². The monoisotopic (exact) mass is 574 g/mol. The second-order valence-corrected chi connectivity index (χ2v) is 9.55. The first-order chi connectivity index (χ1) is 14.7. The fraction of sp³-hybridized carbons (Fsp3) is 0.522. The SMILES string of the molecule is CN=C(NCC1(c2cccc(Cl)c2)CCOCC1)NC1CCN(c2cccs2)CC1.I. The van der Waals surface area contributed by atoms with Gasteiger partial charge < -0.3 is 20.3 Å². The number of anilines is 1. The first kappa shape index (κ1) is 24.6. The highest BCUT2D eigenvalue weighted by molar-refractivity contribution is 14.0. The van der Waals surface area contributed by atoms with E-state index in [4.69, 9.17) is 16.3 Å². The van der Waals surface area contributed by atoms with E-state index >= 15 is 0 Å². The van der Waals surface area contributed by atoms with Gasteiger partial charge in [-0.3, -0.25) is 4.99 Å². The van der Waals surface area contributed by atoms with E-state index in [0.717, 1.165) is 69.5 Å². The molecule has 1 aromatic carbocycles. The molecule has 2 fully saturated rings. The lowest BCUT2D eigenvalue weighted by Gasteiger charge is -2.39. The summed E-state index contributed by atoms with van der Waals surface area (Å²) < 4.78 is 5.66. The lowest BCUT2D eigenvalue weighted by molar-refractivity contribution is 0.0513. The second-order valence-electron chi connectivity index (χ2n) is 8.19. The average molecular weight is 575 g/mol. The summed E-state index contributed by atoms with van der Waals surface area (Å²) in [6.45, 7) is 4.55. The maximum Gasteiger partial charge on any atom is 0.191 e. The van der Waals surface area contributed by atoms with Gasteiger partial charge in [0.2, 0.25) is 0 Å². The van der Waals surface area contributed by atoms with Crippen LogP contribution >= 0.6 is 46.9 Å². The quantitative estimate of drug-likeness (QED) is 0.303. The summed E-state index contributed by atoms with van der Waals surface area (Å²) in [6, 6.07) is 13.1. The molecule has 5 nitrogen and oxygen atoms in total. The molecule has 2 N–H and O–H groups in total. The van der Waals surface area contributed by atoms with E-state index in [-0.39, 0.29) is 29.4 Å². The van der Waals surface area contributed by atoms with E-state index in [1.807, 2.05) is 30.5 Å². The van der Waals surface area contributed by atoms with Crippen LogP contribution in [0.5, 0.6) is 0 Å². The Morgan fingerprint density at radius 3 is 2.65 bits per heavy atom. The molecular weight excluding hydrogens is 543 g/mol. The van der Waals surface area contributed by atoms with Gasteiger partial charge in [-0.15, -0.1) is 35.3 Å². The van der Waals surface area contributed by atoms with Crippen molar-refractivity contribution in [1.29, 1.82) is 0 Å². The molecule has 3 heterocycles. The molecule has 1 aromatic heterocycles. The molecule has 0 radical (unpaired) electrons. The van der Waals surface area contributed by atoms with Crippen LogP contribution in [0.3, 0.4) is 0 Å². The third kappa shape index (κ3) is 6.27. The van der Waals surface area contributed by atoms with E-state index in [9.17, 15) is 0 Å². The Hall–Kier alpha value is -1.03. The van der Waals surface area contributed by atoms with Crippen molar-refractivity contribution in [3.63, 3.8) is 0 Å². The summed E-state index contributed by atoms with van der Waals surface area (Å²) in [5.74, 6) is 0.887. The van der Waals surface area contributed by atoms with Gasteiger partial charge in [0.1, 0.15) is 0 Å². The molecule has 0 saturated carbocycles. The number of piperidine rings is 1. The van der Waals surface area contributed by atoms with Crippen LogP contribution in [-0.4, -0.2) is 51.9 Å². The largest absolute Gasteiger partial charge is 0.381 e. The van der Waals surface area contributed by atoms with Crippen LogP contribution in [0.25, 0.3) is 0 Å². The van der Waals surface area contributed by atoms with Crippen LogP contribution in [0.4, 0.5) is 5.00 Å². The van der Waals surface area contributed by atoms with Gasteiger partial charge in [0.05, 0.1) is 5.00 Å². The third-order valence-corrected chi connectivity index (χ3v) is 7.52. The number of guanidine groups is 1. The van der Waals surface area contributed by atoms with Gasteiger partial charge >= 0.3 is 0 Å². The number of nitrogens with one attached hydrogen (secondary N) is 2. The zero-order valence-electron chi connectivity index (χ0n) is 18.0. The Balaban J connectivity index is 0.00000272. The van der Waals surface area contributed by atoms with Gasteiger partial charge in [-0.05, 0) is 60.9 Å². The molecule has 8 heteroatoms. The summed E-state index contributed by atoms with van der Waals surface area (Å²) in [7, 11) is 1.85. The topological polar surface area (TPSA) is 48.9 Å². The summed E-state index contributed by atoms with van der Waals surface area (Å²) >= 11 is 8.12. The molecule has 170 valence electrons. The molecule has 0 aliphatic carbocycles. The molecule has 2 aromatic rings. The van der Waals surface area contributed by atoms with E-state index < -0.39 is 0 Å². The van der Waals surface area contributed by atoms with Gasteiger partial charge in [-0.25, -0.2) is 0 Å². The van der Waals surface area contributed by atoms with Crippen LogP contribution in [-0.2, 0) is 10.2 Å².